The van der Waals surface area contributed by atoms with E-state index in [-0.39, 0.29) is 12.3 Å². The first kappa shape index (κ1) is 12.4. The minimum Gasteiger partial charge on any atom is -0.496 e. The Kier molecular flexibility index (Phi) is 4.36. The third-order valence-electron chi connectivity index (χ3n) is 2.86. The van der Waals surface area contributed by atoms with Crippen molar-refractivity contribution in [1.82, 2.24) is 0 Å². The van der Waals surface area contributed by atoms with Crippen LogP contribution in [0.25, 0.3) is 0 Å². The van der Waals surface area contributed by atoms with Crippen molar-refractivity contribution in [2.24, 2.45) is 5.73 Å². The molecule has 0 bridgehead atoms. The Bertz CT molecular complexity index is 350. The van der Waals surface area contributed by atoms with E-state index < -0.39 is 0 Å². The number of para-hydroxylation sites is 1. The maximum absolute atomic E-state index is 6.09. The Morgan fingerprint density at radius 3 is 2.76 bits per heavy atom. The number of nitrogens with two attached hydrogens (primary N) is 1. The zero-order valence-electron chi connectivity index (χ0n) is 10.1. The SMILES string of the molecule is COc1ccccc1CC(N)CC1OCCO1. The summed E-state index contributed by atoms with van der Waals surface area (Å²) in [4.78, 5) is 0. The first-order valence-corrected chi connectivity index (χ1v) is 5.90. The summed E-state index contributed by atoms with van der Waals surface area (Å²) in [5, 5.41) is 0. The van der Waals surface area contributed by atoms with Gasteiger partial charge in [-0.25, -0.2) is 0 Å². The fraction of sp³-hybridized carbons (Fsp3) is 0.538. The molecule has 4 nitrogen and oxygen atoms in total. The minimum atomic E-state index is -0.139. The number of hydrogen-bond acceptors (Lipinski definition) is 4. The van der Waals surface area contributed by atoms with Crippen molar-refractivity contribution in [2.75, 3.05) is 20.3 Å². The Morgan fingerprint density at radius 2 is 2.06 bits per heavy atom. The maximum atomic E-state index is 6.09. The first-order valence-electron chi connectivity index (χ1n) is 5.90. The standard InChI is InChI=1S/C13H19NO3/c1-15-12-5-3-2-4-10(12)8-11(14)9-13-16-6-7-17-13/h2-5,11,13H,6-9,14H2,1H3. The average molecular weight is 237 g/mol. The molecule has 1 atom stereocenters. The summed E-state index contributed by atoms with van der Waals surface area (Å²) >= 11 is 0. The van der Waals surface area contributed by atoms with E-state index in [0.29, 0.717) is 13.2 Å². The molecular formula is C13H19NO3. The third-order valence-corrected chi connectivity index (χ3v) is 2.86. The van der Waals surface area contributed by atoms with Gasteiger partial charge in [-0.1, -0.05) is 18.2 Å². The van der Waals surface area contributed by atoms with Crippen LogP contribution < -0.4 is 10.5 Å². The van der Waals surface area contributed by atoms with Gasteiger partial charge in [0.25, 0.3) is 0 Å². The molecule has 0 aliphatic carbocycles. The van der Waals surface area contributed by atoms with Gasteiger partial charge in [0.15, 0.2) is 6.29 Å². The molecule has 4 heteroatoms. The first-order chi connectivity index (χ1) is 8.29. The highest BCUT2D eigenvalue weighted by atomic mass is 16.7. The third kappa shape index (κ3) is 3.43. The van der Waals surface area contributed by atoms with Gasteiger partial charge in [-0.15, -0.1) is 0 Å². The smallest absolute Gasteiger partial charge is 0.159 e. The van der Waals surface area contributed by atoms with Crippen molar-refractivity contribution < 1.29 is 14.2 Å². The van der Waals surface area contributed by atoms with Gasteiger partial charge in [0.05, 0.1) is 20.3 Å². The van der Waals surface area contributed by atoms with Crippen molar-refractivity contribution in [3.8, 4) is 5.75 Å². The molecule has 1 fully saturated rings. The highest BCUT2D eigenvalue weighted by Gasteiger charge is 2.20. The molecule has 94 valence electrons. The minimum absolute atomic E-state index is 0.0226. The van der Waals surface area contributed by atoms with Crippen LogP contribution in [0, 0.1) is 0 Å². The van der Waals surface area contributed by atoms with Crippen LogP contribution in [0.4, 0.5) is 0 Å². The fourth-order valence-corrected chi connectivity index (χ4v) is 2.03. The van der Waals surface area contributed by atoms with Gasteiger partial charge < -0.3 is 19.9 Å². The number of benzene rings is 1. The monoisotopic (exact) mass is 237 g/mol. The number of methoxy groups -OCH3 is 1. The summed E-state index contributed by atoms with van der Waals surface area (Å²) in [7, 11) is 1.67. The largest absolute Gasteiger partial charge is 0.496 e. The summed E-state index contributed by atoms with van der Waals surface area (Å²) in [5.74, 6) is 0.885. The van der Waals surface area contributed by atoms with Gasteiger partial charge in [-0.3, -0.25) is 0 Å². The van der Waals surface area contributed by atoms with E-state index in [9.17, 15) is 0 Å². The molecule has 1 heterocycles. The number of hydrogen-bond donors (Lipinski definition) is 1. The Labute approximate surface area is 102 Å². The number of ether oxygens (including phenoxy) is 3. The lowest BCUT2D eigenvalue weighted by Crippen LogP contribution is -2.28. The maximum Gasteiger partial charge on any atom is 0.159 e. The van der Waals surface area contributed by atoms with Gasteiger partial charge in [-0.2, -0.15) is 0 Å². The molecule has 0 aromatic heterocycles. The molecule has 2 N–H and O–H groups in total. The fourth-order valence-electron chi connectivity index (χ4n) is 2.03. The lowest BCUT2D eigenvalue weighted by atomic mass is 10.0. The topological polar surface area (TPSA) is 53.7 Å². The van der Waals surface area contributed by atoms with Crippen LogP contribution in [0.2, 0.25) is 0 Å². The predicted molar refractivity (Wildman–Crippen MR) is 65.0 cm³/mol. The molecule has 1 unspecified atom stereocenters. The van der Waals surface area contributed by atoms with E-state index in [1.165, 1.54) is 0 Å². The molecule has 1 aliphatic heterocycles. The normalized spacial score (nSPS) is 18.2. The zero-order chi connectivity index (χ0) is 12.1. The molecule has 0 spiro atoms. The average Bonchev–Trinajstić information content (AvgIpc) is 2.82. The second-order valence-electron chi connectivity index (χ2n) is 4.18. The van der Waals surface area contributed by atoms with Crippen molar-refractivity contribution in [3.05, 3.63) is 29.8 Å². The molecular weight excluding hydrogens is 218 g/mol. The second kappa shape index (κ2) is 6.00. The van der Waals surface area contributed by atoms with Crippen molar-refractivity contribution in [3.63, 3.8) is 0 Å². The summed E-state index contributed by atoms with van der Waals surface area (Å²) in [5.41, 5.74) is 7.22. The van der Waals surface area contributed by atoms with E-state index in [0.717, 1.165) is 24.2 Å². The molecule has 1 aromatic carbocycles. The van der Waals surface area contributed by atoms with Crippen molar-refractivity contribution >= 4 is 0 Å². The quantitative estimate of drug-likeness (QED) is 0.839. The van der Waals surface area contributed by atoms with Gasteiger partial charge in [0, 0.05) is 12.5 Å². The van der Waals surface area contributed by atoms with E-state index in [1.807, 2.05) is 24.3 Å². The second-order valence-corrected chi connectivity index (χ2v) is 4.18. The Balaban J connectivity index is 1.90. The zero-order valence-corrected chi connectivity index (χ0v) is 10.1. The van der Waals surface area contributed by atoms with E-state index in [1.54, 1.807) is 7.11 Å². The Morgan fingerprint density at radius 1 is 1.35 bits per heavy atom. The van der Waals surface area contributed by atoms with Crippen LogP contribution >= 0.6 is 0 Å². The van der Waals surface area contributed by atoms with Crippen molar-refractivity contribution in [2.45, 2.75) is 25.2 Å². The molecule has 0 amide bonds. The van der Waals surface area contributed by atoms with Crippen LogP contribution in [0.1, 0.15) is 12.0 Å². The molecule has 0 radical (unpaired) electrons. The molecule has 2 rings (SSSR count). The van der Waals surface area contributed by atoms with Crippen LogP contribution in [-0.4, -0.2) is 32.7 Å². The molecule has 17 heavy (non-hydrogen) atoms. The predicted octanol–water partition coefficient (Wildman–Crippen LogP) is 1.33. The van der Waals surface area contributed by atoms with Gasteiger partial charge >= 0.3 is 0 Å². The lowest BCUT2D eigenvalue weighted by Gasteiger charge is -2.17. The Hall–Kier alpha value is -1.10. The van der Waals surface area contributed by atoms with Crippen LogP contribution in [-0.2, 0) is 15.9 Å². The van der Waals surface area contributed by atoms with E-state index >= 15 is 0 Å². The lowest BCUT2D eigenvalue weighted by molar-refractivity contribution is -0.0504. The number of rotatable bonds is 5. The highest BCUT2D eigenvalue weighted by molar-refractivity contribution is 5.33. The van der Waals surface area contributed by atoms with E-state index in [2.05, 4.69) is 0 Å². The summed E-state index contributed by atoms with van der Waals surface area (Å²) in [6, 6.07) is 7.96. The van der Waals surface area contributed by atoms with E-state index in [4.69, 9.17) is 19.9 Å². The molecule has 1 aliphatic rings. The van der Waals surface area contributed by atoms with Gasteiger partial charge in [0.1, 0.15) is 5.75 Å². The summed E-state index contributed by atoms with van der Waals surface area (Å²) in [6.45, 7) is 1.35. The highest BCUT2D eigenvalue weighted by Crippen LogP contribution is 2.20. The summed E-state index contributed by atoms with van der Waals surface area (Å²) < 4.78 is 16.1. The van der Waals surface area contributed by atoms with Crippen LogP contribution in [0.3, 0.4) is 0 Å². The van der Waals surface area contributed by atoms with Gasteiger partial charge in [-0.05, 0) is 18.1 Å². The van der Waals surface area contributed by atoms with Crippen LogP contribution in [0.5, 0.6) is 5.75 Å². The molecule has 1 aromatic rings. The van der Waals surface area contributed by atoms with Crippen molar-refractivity contribution in [1.29, 1.82) is 0 Å². The molecule has 0 saturated carbocycles. The summed E-state index contributed by atoms with van der Waals surface area (Å²) in [6.07, 6.45) is 1.35. The van der Waals surface area contributed by atoms with Crippen LogP contribution in [0.15, 0.2) is 24.3 Å². The van der Waals surface area contributed by atoms with Gasteiger partial charge in [0.2, 0.25) is 0 Å². The molecule has 1 saturated heterocycles.